The van der Waals surface area contributed by atoms with Crippen LogP contribution in [0.25, 0.3) is 0 Å². The van der Waals surface area contributed by atoms with Crippen molar-refractivity contribution in [1.82, 2.24) is 10.0 Å². The van der Waals surface area contributed by atoms with Crippen LogP contribution in [0.5, 0.6) is 0 Å². The summed E-state index contributed by atoms with van der Waals surface area (Å²) in [7, 11) is -1.53. The molecule has 2 saturated carbocycles. The average molecular weight is 308 g/mol. The van der Waals surface area contributed by atoms with Crippen molar-refractivity contribution in [2.45, 2.75) is 37.1 Å². The number of benzene rings is 1. The number of hydrogen-bond donors (Lipinski definition) is 2. The summed E-state index contributed by atoms with van der Waals surface area (Å²) in [5, 5.41) is 3.04. The molecule has 0 aliphatic heterocycles. The smallest absolute Gasteiger partial charge is 0.240 e. The van der Waals surface area contributed by atoms with Gasteiger partial charge in [-0.15, -0.1) is 0 Å². The predicted molar refractivity (Wildman–Crippen MR) is 83.3 cm³/mol. The first-order chi connectivity index (χ1) is 10.1. The molecule has 4 nitrogen and oxygen atoms in total. The molecule has 3 atom stereocenters. The first kappa shape index (κ1) is 15.0. The van der Waals surface area contributed by atoms with Gasteiger partial charge in [-0.2, -0.15) is 0 Å². The van der Waals surface area contributed by atoms with E-state index in [0.717, 1.165) is 17.4 Å². The van der Waals surface area contributed by atoms with Crippen LogP contribution in [0.1, 0.15) is 31.2 Å². The van der Waals surface area contributed by atoms with Gasteiger partial charge in [0.2, 0.25) is 10.0 Å². The Kier molecular flexibility index (Phi) is 4.33. The molecule has 116 valence electrons. The van der Waals surface area contributed by atoms with Crippen molar-refractivity contribution in [3.05, 3.63) is 29.8 Å². The zero-order chi connectivity index (χ0) is 14.9. The molecule has 3 rings (SSSR count). The Balaban J connectivity index is 1.65. The van der Waals surface area contributed by atoms with E-state index in [0.29, 0.717) is 23.9 Å². The molecule has 2 aliphatic rings. The fourth-order valence-corrected chi connectivity index (χ4v) is 5.12. The fraction of sp³-hybridized carbons (Fsp3) is 0.625. The third-order valence-electron chi connectivity index (χ3n) is 5.01. The highest BCUT2D eigenvalue weighted by Gasteiger charge is 2.39. The molecule has 0 spiro atoms. The normalized spacial score (nSPS) is 28.1. The van der Waals surface area contributed by atoms with Crippen molar-refractivity contribution in [2.75, 3.05) is 13.6 Å². The van der Waals surface area contributed by atoms with Crippen LogP contribution in [-0.4, -0.2) is 22.0 Å². The van der Waals surface area contributed by atoms with Crippen LogP contribution in [0.2, 0.25) is 0 Å². The second kappa shape index (κ2) is 6.07. The number of nitrogens with one attached hydrogen (secondary N) is 2. The van der Waals surface area contributed by atoms with Gasteiger partial charge < -0.3 is 5.32 Å². The first-order valence-corrected chi connectivity index (χ1v) is 9.30. The van der Waals surface area contributed by atoms with E-state index in [1.165, 1.54) is 25.7 Å². The van der Waals surface area contributed by atoms with E-state index < -0.39 is 10.0 Å². The summed E-state index contributed by atoms with van der Waals surface area (Å²) in [6.45, 7) is 1.27. The molecule has 3 unspecified atom stereocenters. The number of hydrogen-bond acceptors (Lipinski definition) is 3. The summed E-state index contributed by atoms with van der Waals surface area (Å²) in [5.74, 6) is 2.14. The number of sulfonamides is 1. The lowest BCUT2D eigenvalue weighted by molar-refractivity contribution is 0.333. The molecular weight excluding hydrogens is 284 g/mol. The van der Waals surface area contributed by atoms with Crippen LogP contribution in [0.3, 0.4) is 0 Å². The van der Waals surface area contributed by atoms with Gasteiger partial charge in [-0.05, 0) is 61.8 Å². The molecule has 21 heavy (non-hydrogen) atoms. The van der Waals surface area contributed by atoms with Crippen molar-refractivity contribution >= 4 is 10.0 Å². The van der Waals surface area contributed by atoms with E-state index in [1.54, 1.807) is 18.2 Å². The summed E-state index contributed by atoms with van der Waals surface area (Å²) >= 11 is 0. The molecular formula is C16H24N2O2S. The Bertz CT molecular complexity index is 600. The van der Waals surface area contributed by atoms with Gasteiger partial charge in [0.05, 0.1) is 4.90 Å². The van der Waals surface area contributed by atoms with Crippen LogP contribution in [0.15, 0.2) is 29.2 Å². The Morgan fingerprint density at radius 2 is 2.10 bits per heavy atom. The summed E-state index contributed by atoms with van der Waals surface area (Å²) < 4.78 is 27.7. The SMILES string of the molecule is CNCc1cccc(S(=O)(=O)NCC2CC3CCC2C3)c1. The van der Waals surface area contributed by atoms with Gasteiger partial charge in [-0.3, -0.25) is 0 Å². The van der Waals surface area contributed by atoms with Crippen LogP contribution in [0.4, 0.5) is 0 Å². The maximum Gasteiger partial charge on any atom is 0.240 e. The van der Waals surface area contributed by atoms with Gasteiger partial charge in [0.1, 0.15) is 0 Å². The van der Waals surface area contributed by atoms with Crippen molar-refractivity contribution < 1.29 is 8.42 Å². The lowest BCUT2D eigenvalue weighted by Crippen LogP contribution is -2.31. The lowest BCUT2D eigenvalue weighted by atomic mass is 9.89. The predicted octanol–water partition coefficient (Wildman–Crippen LogP) is 2.12. The molecule has 0 aromatic heterocycles. The van der Waals surface area contributed by atoms with Crippen LogP contribution >= 0.6 is 0 Å². The molecule has 5 heteroatoms. The van der Waals surface area contributed by atoms with Crippen molar-refractivity contribution in [1.29, 1.82) is 0 Å². The second-order valence-corrected chi connectivity index (χ2v) is 8.23. The highest BCUT2D eigenvalue weighted by molar-refractivity contribution is 7.89. The lowest BCUT2D eigenvalue weighted by Gasteiger charge is -2.21. The Labute approximate surface area is 127 Å². The van der Waals surface area contributed by atoms with Crippen molar-refractivity contribution in [3.63, 3.8) is 0 Å². The summed E-state index contributed by atoms with van der Waals surface area (Å²) in [6, 6.07) is 7.16. The molecule has 0 radical (unpaired) electrons. The maximum absolute atomic E-state index is 12.4. The summed E-state index contributed by atoms with van der Waals surface area (Å²) in [4.78, 5) is 0.374. The summed E-state index contributed by atoms with van der Waals surface area (Å²) in [6.07, 6.45) is 5.14. The van der Waals surface area contributed by atoms with E-state index >= 15 is 0 Å². The van der Waals surface area contributed by atoms with Crippen molar-refractivity contribution in [2.24, 2.45) is 17.8 Å². The quantitative estimate of drug-likeness (QED) is 0.846. The molecule has 1 aromatic carbocycles. The van der Waals surface area contributed by atoms with E-state index in [1.807, 2.05) is 13.1 Å². The topological polar surface area (TPSA) is 58.2 Å². The van der Waals surface area contributed by atoms with Gasteiger partial charge in [-0.1, -0.05) is 18.6 Å². The van der Waals surface area contributed by atoms with E-state index in [9.17, 15) is 8.42 Å². The largest absolute Gasteiger partial charge is 0.316 e. The maximum atomic E-state index is 12.4. The van der Waals surface area contributed by atoms with Gasteiger partial charge >= 0.3 is 0 Å². The van der Waals surface area contributed by atoms with Gasteiger partial charge in [0.15, 0.2) is 0 Å². The third kappa shape index (κ3) is 3.30. The first-order valence-electron chi connectivity index (χ1n) is 7.81. The third-order valence-corrected chi connectivity index (χ3v) is 6.43. The second-order valence-electron chi connectivity index (χ2n) is 6.46. The van der Waals surface area contributed by atoms with E-state index in [-0.39, 0.29) is 0 Å². The van der Waals surface area contributed by atoms with Gasteiger partial charge in [-0.25, -0.2) is 13.1 Å². The monoisotopic (exact) mass is 308 g/mol. The van der Waals surface area contributed by atoms with Crippen LogP contribution in [0, 0.1) is 17.8 Å². The average Bonchev–Trinajstić information content (AvgIpc) is 3.08. The molecule has 2 fully saturated rings. The number of fused-ring (bicyclic) bond motifs is 2. The Morgan fingerprint density at radius 1 is 1.24 bits per heavy atom. The Morgan fingerprint density at radius 3 is 2.76 bits per heavy atom. The Hall–Kier alpha value is -0.910. The van der Waals surface area contributed by atoms with Gasteiger partial charge in [0.25, 0.3) is 0 Å². The minimum Gasteiger partial charge on any atom is -0.316 e. The molecule has 2 bridgehead atoms. The van der Waals surface area contributed by atoms with Crippen molar-refractivity contribution in [3.8, 4) is 0 Å². The minimum absolute atomic E-state index is 0.374. The number of rotatable bonds is 6. The standard InChI is InChI=1S/C16H24N2O2S/c1-17-10-13-3-2-4-16(9-13)21(19,20)18-11-15-8-12-5-6-14(15)7-12/h2-4,9,12,14-15,17-18H,5-8,10-11H2,1H3. The van der Waals surface area contributed by atoms with Crippen LogP contribution < -0.4 is 10.0 Å². The zero-order valence-corrected chi connectivity index (χ0v) is 13.3. The highest BCUT2D eigenvalue weighted by Crippen LogP contribution is 2.48. The fourth-order valence-electron chi connectivity index (χ4n) is 3.95. The van der Waals surface area contributed by atoms with Crippen LogP contribution in [-0.2, 0) is 16.6 Å². The molecule has 0 amide bonds. The minimum atomic E-state index is -3.38. The molecule has 0 heterocycles. The highest BCUT2D eigenvalue weighted by atomic mass is 32.2. The van der Waals surface area contributed by atoms with Gasteiger partial charge in [0, 0.05) is 13.1 Å². The molecule has 0 saturated heterocycles. The molecule has 2 aliphatic carbocycles. The molecule has 1 aromatic rings. The molecule has 2 N–H and O–H groups in total. The van der Waals surface area contributed by atoms with E-state index in [2.05, 4.69) is 10.0 Å². The zero-order valence-electron chi connectivity index (χ0n) is 12.5. The van der Waals surface area contributed by atoms with E-state index in [4.69, 9.17) is 0 Å². The summed E-state index contributed by atoms with van der Waals surface area (Å²) in [5.41, 5.74) is 0.986.